The van der Waals surface area contributed by atoms with Crippen molar-refractivity contribution in [1.82, 2.24) is 19.6 Å². The number of pyridine rings is 1. The number of primary amides is 1. The van der Waals surface area contributed by atoms with Crippen molar-refractivity contribution >= 4 is 28.3 Å². The van der Waals surface area contributed by atoms with Gasteiger partial charge < -0.3 is 15.2 Å². The summed E-state index contributed by atoms with van der Waals surface area (Å²) in [6, 6.07) is 8.74. The predicted octanol–water partition coefficient (Wildman–Crippen LogP) is 1.02. The molecule has 1 amide bonds. The molecule has 0 fully saturated rings. The van der Waals surface area contributed by atoms with Crippen LogP contribution in [0.1, 0.15) is 12.5 Å². The smallest absolute Gasteiger partial charge is 0.291 e. The molecule has 3 aromatic heterocycles. The van der Waals surface area contributed by atoms with Crippen molar-refractivity contribution in [3.63, 3.8) is 0 Å². The van der Waals surface area contributed by atoms with Gasteiger partial charge in [-0.05, 0) is 42.8 Å². The maximum atomic E-state index is 12.8. The fourth-order valence-electron chi connectivity index (χ4n) is 2.76. The molecule has 0 saturated carbocycles. The molecule has 4 aromatic rings. The normalized spacial score (nSPS) is 11.7. The molecule has 10 heteroatoms. The molecular formula is C20H17N5O4S. The van der Waals surface area contributed by atoms with E-state index in [-0.39, 0.29) is 12.2 Å². The molecule has 9 nitrogen and oxygen atoms in total. The summed E-state index contributed by atoms with van der Waals surface area (Å²) in [5.41, 5.74) is 6.40. The monoisotopic (exact) mass is 423 g/mol. The summed E-state index contributed by atoms with van der Waals surface area (Å²) in [6.07, 6.45) is 5.03. The summed E-state index contributed by atoms with van der Waals surface area (Å²) in [5.74, 6) is 0.755. The highest BCUT2D eigenvalue weighted by Crippen LogP contribution is 2.28. The zero-order chi connectivity index (χ0) is 21.1. The van der Waals surface area contributed by atoms with Gasteiger partial charge in [0.1, 0.15) is 0 Å². The lowest BCUT2D eigenvalue weighted by Gasteiger charge is -2.11. The Kier molecular flexibility index (Phi) is 5.40. The first-order valence-corrected chi connectivity index (χ1v) is 9.86. The summed E-state index contributed by atoms with van der Waals surface area (Å²) in [5, 5.41) is 4.31. The number of ether oxygens (including phenoxy) is 2. The van der Waals surface area contributed by atoms with Gasteiger partial charge in [-0.1, -0.05) is 17.4 Å². The van der Waals surface area contributed by atoms with Crippen molar-refractivity contribution in [2.75, 3.05) is 13.2 Å². The third-order valence-corrected chi connectivity index (χ3v) is 5.01. The Morgan fingerprint density at radius 2 is 2.00 bits per heavy atom. The van der Waals surface area contributed by atoms with Gasteiger partial charge in [-0.3, -0.25) is 14.6 Å². The molecule has 0 unspecified atom stereocenters. The van der Waals surface area contributed by atoms with Crippen LogP contribution in [-0.4, -0.2) is 38.7 Å². The highest BCUT2D eigenvalue weighted by molar-refractivity contribution is 7.15. The molecule has 1 aromatic carbocycles. The van der Waals surface area contributed by atoms with Crippen LogP contribution in [0, 0.1) is 0 Å². The van der Waals surface area contributed by atoms with E-state index in [1.54, 1.807) is 48.8 Å². The molecule has 2 N–H and O–H groups in total. The van der Waals surface area contributed by atoms with E-state index >= 15 is 0 Å². The number of hydrogen-bond acceptors (Lipinski definition) is 8. The van der Waals surface area contributed by atoms with Crippen LogP contribution < -0.4 is 25.3 Å². The molecule has 30 heavy (non-hydrogen) atoms. The SMILES string of the molecule is CCOc1cc(/C=c2\sc3nc(-c4ccncc4)nn3c2=O)ccc1OCC(N)=O. The fraction of sp³-hybridized carbons (Fsp3) is 0.150. The third kappa shape index (κ3) is 3.98. The Labute approximate surface area is 174 Å². The molecule has 0 aliphatic rings. The zero-order valence-corrected chi connectivity index (χ0v) is 16.8. The van der Waals surface area contributed by atoms with E-state index in [1.165, 1.54) is 15.9 Å². The van der Waals surface area contributed by atoms with Crippen molar-refractivity contribution < 1.29 is 14.3 Å². The van der Waals surface area contributed by atoms with E-state index in [2.05, 4.69) is 15.1 Å². The lowest BCUT2D eigenvalue weighted by atomic mass is 10.2. The topological polar surface area (TPSA) is 122 Å². The van der Waals surface area contributed by atoms with Gasteiger partial charge in [-0.25, -0.2) is 0 Å². The number of hydrogen-bond donors (Lipinski definition) is 1. The Bertz CT molecular complexity index is 1320. The summed E-state index contributed by atoms with van der Waals surface area (Å²) < 4.78 is 12.7. The largest absolute Gasteiger partial charge is 0.490 e. The number of fused-ring (bicyclic) bond motifs is 1. The second-order valence-electron chi connectivity index (χ2n) is 6.18. The fourth-order valence-corrected chi connectivity index (χ4v) is 3.67. The number of nitrogens with zero attached hydrogens (tertiary/aromatic N) is 4. The maximum Gasteiger partial charge on any atom is 0.291 e. The van der Waals surface area contributed by atoms with Crippen LogP contribution in [0.3, 0.4) is 0 Å². The van der Waals surface area contributed by atoms with E-state index in [9.17, 15) is 9.59 Å². The number of amides is 1. The first-order chi connectivity index (χ1) is 14.5. The minimum Gasteiger partial charge on any atom is -0.490 e. The van der Waals surface area contributed by atoms with Crippen molar-refractivity contribution in [2.45, 2.75) is 6.92 Å². The summed E-state index contributed by atoms with van der Waals surface area (Å²) >= 11 is 1.24. The predicted molar refractivity (Wildman–Crippen MR) is 111 cm³/mol. The van der Waals surface area contributed by atoms with Crippen molar-refractivity contribution in [3.05, 3.63) is 63.2 Å². The highest BCUT2D eigenvalue weighted by Gasteiger charge is 2.12. The summed E-state index contributed by atoms with van der Waals surface area (Å²) in [4.78, 5) is 32.6. The summed E-state index contributed by atoms with van der Waals surface area (Å²) in [6.45, 7) is 2.00. The van der Waals surface area contributed by atoms with Gasteiger partial charge in [-0.15, -0.1) is 5.10 Å². The maximum absolute atomic E-state index is 12.8. The number of rotatable bonds is 7. The molecule has 4 rings (SSSR count). The lowest BCUT2D eigenvalue weighted by Crippen LogP contribution is -2.23. The molecule has 0 atom stereocenters. The second kappa shape index (κ2) is 8.29. The Morgan fingerprint density at radius 1 is 1.20 bits per heavy atom. The molecule has 0 bridgehead atoms. The molecule has 0 aliphatic heterocycles. The van der Waals surface area contributed by atoms with Crippen LogP contribution in [0.25, 0.3) is 22.4 Å². The average molecular weight is 423 g/mol. The van der Waals surface area contributed by atoms with Gasteiger partial charge in [0.2, 0.25) is 4.96 Å². The Hall–Kier alpha value is -3.79. The molecule has 152 valence electrons. The van der Waals surface area contributed by atoms with Crippen LogP contribution in [0.5, 0.6) is 11.5 Å². The molecule has 0 aliphatic carbocycles. The standard InChI is InChI=1S/C20H17N5O4S/c1-2-28-15-9-12(3-4-14(15)29-11-17(21)26)10-16-19(27)25-20(30-16)23-18(24-25)13-5-7-22-8-6-13/h3-10H,2,11H2,1H3,(H2,21,26)/b16-10-. The van der Waals surface area contributed by atoms with Gasteiger partial charge in [0.25, 0.3) is 11.5 Å². The quantitative estimate of drug-likeness (QED) is 0.471. The van der Waals surface area contributed by atoms with E-state index in [0.29, 0.717) is 33.4 Å². The molecular weight excluding hydrogens is 406 g/mol. The minimum atomic E-state index is -0.579. The van der Waals surface area contributed by atoms with E-state index in [1.807, 2.05) is 6.92 Å². The van der Waals surface area contributed by atoms with Crippen molar-refractivity contribution in [1.29, 1.82) is 0 Å². The van der Waals surface area contributed by atoms with Gasteiger partial charge in [0.15, 0.2) is 23.9 Å². The number of thiazole rings is 1. The Balaban J connectivity index is 1.69. The first kappa shape index (κ1) is 19.5. The number of carbonyl (C=O) groups is 1. The lowest BCUT2D eigenvalue weighted by molar-refractivity contribution is -0.119. The first-order valence-electron chi connectivity index (χ1n) is 9.05. The number of aromatic nitrogens is 4. The minimum absolute atomic E-state index is 0.249. The number of nitrogens with two attached hydrogens (primary N) is 1. The van der Waals surface area contributed by atoms with Gasteiger partial charge >= 0.3 is 0 Å². The van der Waals surface area contributed by atoms with E-state index < -0.39 is 5.91 Å². The highest BCUT2D eigenvalue weighted by atomic mass is 32.1. The Morgan fingerprint density at radius 3 is 2.70 bits per heavy atom. The zero-order valence-electron chi connectivity index (χ0n) is 15.9. The van der Waals surface area contributed by atoms with Gasteiger partial charge in [0, 0.05) is 18.0 Å². The van der Waals surface area contributed by atoms with Crippen molar-refractivity contribution in [3.8, 4) is 22.9 Å². The third-order valence-electron chi connectivity index (χ3n) is 4.06. The van der Waals surface area contributed by atoms with Crippen LogP contribution in [0.2, 0.25) is 0 Å². The average Bonchev–Trinajstić information content (AvgIpc) is 3.28. The number of benzene rings is 1. The van der Waals surface area contributed by atoms with Gasteiger partial charge in [-0.2, -0.15) is 9.50 Å². The van der Waals surface area contributed by atoms with Crippen LogP contribution in [-0.2, 0) is 4.79 Å². The van der Waals surface area contributed by atoms with E-state index in [4.69, 9.17) is 15.2 Å². The number of carbonyl (C=O) groups excluding carboxylic acids is 1. The van der Waals surface area contributed by atoms with Crippen molar-refractivity contribution in [2.24, 2.45) is 5.73 Å². The van der Waals surface area contributed by atoms with Crippen LogP contribution in [0.4, 0.5) is 0 Å². The molecule has 0 radical (unpaired) electrons. The second-order valence-corrected chi connectivity index (χ2v) is 7.18. The van der Waals surface area contributed by atoms with Gasteiger partial charge in [0.05, 0.1) is 11.1 Å². The van der Waals surface area contributed by atoms with E-state index in [0.717, 1.165) is 11.1 Å². The molecule has 3 heterocycles. The van der Waals surface area contributed by atoms with Crippen LogP contribution >= 0.6 is 11.3 Å². The van der Waals surface area contributed by atoms with Crippen LogP contribution in [0.15, 0.2) is 47.5 Å². The molecule has 0 spiro atoms. The summed E-state index contributed by atoms with van der Waals surface area (Å²) in [7, 11) is 0. The molecule has 0 saturated heterocycles.